The van der Waals surface area contributed by atoms with Crippen molar-refractivity contribution in [3.8, 4) is 16.5 Å². The van der Waals surface area contributed by atoms with Gasteiger partial charge < -0.3 is 9.72 Å². The number of aryl methyl sites for hydroxylation is 1. The zero-order chi connectivity index (χ0) is 18.1. The molecule has 1 aliphatic rings. The first-order valence-corrected chi connectivity index (χ1v) is 9.54. The lowest BCUT2D eigenvalue weighted by molar-refractivity contribution is 0.241. The summed E-state index contributed by atoms with van der Waals surface area (Å²) in [7, 11) is 1.69. The van der Waals surface area contributed by atoms with Crippen LogP contribution in [0, 0.1) is 6.92 Å². The molecule has 1 aromatic carbocycles. The molecule has 0 amide bonds. The van der Waals surface area contributed by atoms with Crippen molar-refractivity contribution in [1.29, 1.82) is 0 Å². The molecule has 0 saturated heterocycles. The Hall–Kier alpha value is -2.44. The Bertz CT molecular complexity index is 979. The van der Waals surface area contributed by atoms with Crippen molar-refractivity contribution in [2.24, 2.45) is 0 Å². The first-order valence-electron chi connectivity index (χ1n) is 8.66. The molecule has 26 heavy (non-hydrogen) atoms. The minimum absolute atomic E-state index is 0.0194. The highest BCUT2D eigenvalue weighted by molar-refractivity contribution is 7.13. The number of thiophene rings is 1. The Kier molecular flexibility index (Phi) is 4.61. The second kappa shape index (κ2) is 7.05. The number of ether oxygens (including phenoxy) is 1. The molecular formula is C20H21N3O2S. The van der Waals surface area contributed by atoms with Crippen molar-refractivity contribution in [3.63, 3.8) is 0 Å². The summed E-state index contributed by atoms with van der Waals surface area (Å²) in [4.78, 5) is 23.5. The molecule has 0 spiro atoms. The predicted octanol–water partition coefficient (Wildman–Crippen LogP) is 3.37. The summed E-state index contributed by atoms with van der Waals surface area (Å²) in [5.41, 5.74) is 4.06. The normalized spacial score (nSPS) is 14.2. The van der Waals surface area contributed by atoms with E-state index in [2.05, 4.69) is 28.9 Å². The Morgan fingerprint density at radius 1 is 1.35 bits per heavy atom. The third-order valence-corrected chi connectivity index (χ3v) is 5.64. The van der Waals surface area contributed by atoms with Gasteiger partial charge in [0.05, 0.1) is 23.2 Å². The van der Waals surface area contributed by atoms with Crippen LogP contribution >= 0.6 is 11.3 Å². The van der Waals surface area contributed by atoms with Crippen LogP contribution in [0.2, 0.25) is 0 Å². The monoisotopic (exact) mass is 367 g/mol. The van der Waals surface area contributed by atoms with Crippen LogP contribution in [0.5, 0.6) is 5.75 Å². The van der Waals surface area contributed by atoms with Crippen molar-refractivity contribution in [2.75, 3.05) is 13.7 Å². The minimum Gasteiger partial charge on any atom is -0.496 e. The third-order valence-electron chi connectivity index (χ3n) is 4.77. The van der Waals surface area contributed by atoms with Gasteiger partial charge in [-0.2, -0.15) is 0 Å². The number of rotatable bonds is 4. The summed E-state index contributed by atoms with van der Waals surface area (Å²) in [6.07, 6.45) is 0.798. The van der Waals surface area contributed by atoms with Gasteiger partial charge in [0.25, 0.3) is 5.56 Å². The van der Waals surface area contributed by atoms with Crippen molar-refractivity contribution in [3.05, 3.63) is 68.4 Å². The van der Waals surface area contributed by atoms with Crippen LogP contribution in [-0.2, 0) is 19.5 Å². The van der Waals surface area contributed by atoms with Gasteiger partial charge in [-0.15, -0.1) is 11.3 Å². The first kappa shape index (κ1) is 17.0. The van der Waals surface area contributed by atoms with E-state index in [1.54, 1.807) is 18.4 Å². The lowest BCUT2D eigenvalue weighted by Gasteiger charge is -2.27. The van der Waals surface area contributed by atoms with E-state index in [9.17, 15) is 4.79 Å². The summed E-state index contributed by atoms with van der Waals surface area (Å²) >= 11 is 1.59. The van der Waals surface area contributed by atoms with Gasteiger partial charge in [-0.3, -0.25) is 9.69 Å². The molecule has 0 bridgehead atoms. The highest BCUT2D eigenvalue weighted by Gasteiger charge is 2.22. The lowest BCUT2D eigenvalue weighted by Crippen LogP contribution is -2.35. The molecule has 6 heteroatoms. The van der Waals surface area contributed by atoms with Crippen molar-refractivity contribution in [2.45, 2.75) is 26.4 Å². The van der Waals surface area contributed by atoms with Gasteiger partial charge in [0.15, 0.2) is 5.82 Å². The second-order valence-corrected chi connectivity index (χ2v) is 7.53. The molecule has 0 saturated carbocycles. The van der Waals surface area contributed by atoms with Gasteiger partial charge in [0.2, 0.25) is 0 Å². The van der Waals surface area contributed by atoms with Crippen LogP contribution < -0.4 is 10.3 Å². The Morgan fingerprint density at radius 2 is 2.23 bits per heavy atom. The maximum absolute atomic E-state index is 12.6. The molecule has 3 heterocycles. The molecule has 2 aromatic heterocycles. The molecule has 1 aliphatic heterocycles. The molecule has 0 unspecified atom stereocenters. The molecular weight excluding hydrogens is 346 g/mol. The third kappa shape index (κ3) is 3.30. The van der Waals surface area contributed by atoms with E-state index in [0.29, 0.717) is 12.4 Å². The van der Waals surface area contributed by atoms with Crippen LogP contribution in [0.15, 0.2) is 40.5 Å². The van der Waals surface area contributed by atoms with E-state index >= 15 is 0 Å². The van der Waals surface area contributed by atoms with E-state index in [4.69, 9.17) is 9.72 Å². The zero-order valence-corrected chi connectivity index (χ0v) is 15.7. The average Bonchev–Trinajstić information content (AvgIpc) is 3.17. The van der Waals surface area contributed by atoms with E-state index < -0.39 is 0 Å². The van der Waals surface area contributed by atoms with Gasteiger partial charge in [-0.25, -0.2) is 4.98 Å². The largest absolute Gasteiger partial charge is 0.496 e. The summed E-state index contributed by atoms with van der Waals surface area (Å²) in [5.74, 6) is 1.59. The minimum atomic E-state index is -0.0194. The Labute approximate surface area is 156 Å². The maximum Gasteiger partial charge on any atom is 0.255 e. The lowest BCUT2D eigenvalue weighted by atomic mass is 10.0. The molecule has 5 nitrogen and oxygen atoms in total. The van der Waals surface area contributed by atoms with Crippen LogP contribution in [0.3, 0.4) is 0 Å². The number of nitrogens with one attached hydrogen (secondary N) is 1. The molecule has 0 fully saturated rings. The van der Waals surface area contributed by atoms with E-state index in [0.717, 1.165) is 47.0 Å². The SMILES string of the molecule is COc1ccc(CN2CCc3nc(-c4cccs4)[nH]c(=O)c3C2)cc1C. The number of hydrogen-bond acceptors (Lipinski definition) is 5. The molecule has 3 aromatic rings. The summed E-state index contributed by atoms with van der Waals surface area (Å²) in [5, 5.41) is 1.99. The zero-order valence-electron chi connectivity index (χ0n) is 14.9. The van der Waals surface area contributed by atoms with Gasteiger partial charge in [-0.05, 0) is 35.6 Å². The van der Waals surface area contributed by atoms with E-state index in [1.165, 1.54) is 5.56 Å². The van der Waals surface area contributed by atoms with Crippen LogP contribution in [0.4, 0.5) is 0 Å². The first-order chi connectivity index (χ1) is 12.6. The highest BCUT2D eigenvalue weighted by Crippen LogP contribution is 2.24. The smallest absolute Gasteiger partial charge is 0.255 e. The molecule has 1 N–H and O–H groups in total. The number of nitrogens with zero attached hydrogens (tertiary/aromatic N) is 2. The number of aromatic nitrogens is 2. The van der Waals surface area contributed by atoms with Gasteiger partial charge in [0.1, 0.15) is 5.75 Å². The van der Waals surface area contributed by atoms with Crippen LogP contribution in [0.1, 0.15) is 22.4 Å². The second-order valence-electron chi connectivity index (χ2n) is 6.58. The fourth-order valence-electron chi connectivity index (χ4n) is 3.44. The number of aromatic amines is 1. The highest BCUT2D eigenvalue weighted by atomic mass is 32.1. The summed E-state index contributed by atoms with van der Waals surface area (Å²) in [6.45, 7) is 4.40. The number of benzene rings is 1. The number of fused-ring (bicyclic) bond motifs is 1. The Balaban J connectivity index is 1.55. The fourth-order valence-corrected chi connectivity index (χ4v) is 4.11. The maximum atomic E-state index is 12.6. The molecule has 134 valence electrons. The summed E-state index contributed by atoms with van der Waals surface area (Å²) in [6, 6.07) is 10.2. The number of hydrogen-bond donors (Lipinski definition) is 1. The quantitative estimate of drug-likeness (QED) is 0.768. The summed E-state index contributed by atoms with van der Waals surface area (Å²) < 4.78 is 5.33. The molecule has 4 rings (SSSR count). The number of methoxy groups -OCH3 is 1. The van der Waals surface area contributed by atoms with E-state index in [1.807, 2.05) is 23.6 Å². The van der Waals surface area contributed by atoms with Gasteiger partial charge in [0, 0.05) is 26.1 Å². The fraction of sp³-hybridized carbons (Fsp3) is 0.300. The van der Waals surface area contributed by atoms with Crippen LogP contribution in [-0.4, -0.2) is 28.5 Å². The van der Waals surface area contributed by atoms with Crippen molar-refractivity contribution >= 4 is 11.3 Å². The van der Waals surface area contributed by atoms with Gasteiger partial charge in [-0.1, -0.05) is 18.2 Å². The van der Waals surface area contributed by atoms with E-state index in [-0.39, 0.29) is 5.56 Å². The Morgan fingerprint density at radius 3 is 2.96 bits per heavy atom. The average molecular weight is 367 g/mol. The van der Waals surface area contributed by atoms with Gasteiger partial charge >= 0.3 is 0 Å². The van der Waals surface area contributed by atoms with Crippen molar-refractivity contribution in [1.82, 2.24) is 14.9 Å². The predicted molar refractivity (Wildman–Crippen MR) is 104 cm³/mol. The molecule has 0 radical (unpaired) electrons. The van der Waals surface area contributed by atoms with Crippen molar-refractivity contribution < 1.29 is 4.74 Å². The molecule has 0 aliphatic carbocycles. The topological polar surface area (TPSA) is 58.2 Å². The standard InChI is InChI=1S/C20H21N3O2S/c1-13-10-14(5-6-17(13)25-2)11-23-8-7-16-15(12-23)20(24)22-19(21-16)18-4-3-9-26-18/h3-6,9-10H,7-8,11-12H2,1-2H3,(H,21,22,24). The number of H-pyrrole nitrogens is 1. The molecule has 0 atom stereocenters. The van der Waals surface area contributed by atoms with Crippen LogP contribution in [0.25, 0.3) is 10.7 Å².